The third-order valence-electron chi connectivity index (χ3n) is 4.12. The van der Waals surface area contributed by atoms with Gasteiger partial charge in [-0.05, 0) is 18.8 Å². The van der Waals surface area contributed by atoms with Crippen molar-refractivity contribution in [3.8, 4) is 0 Å². The zero-order chi connectivity index (χ0) is 11.9. The minimum absolute atomic E-state index is 0.113. The summed E-state index contributed by atoms with van der Waals surface area (Å²) >= 11 is 0. The van der Waals surface area contributed by atoms with Gasteiger partial charge in [0.1, 0.15) is 0 Å². The van der Waals surface area contributed by atoms with E-state index in [0.29, 0.717) is 5.92 Å². The number of ether oxygens (including phenoxy) is 2. The van der Waals surface area contributed by atoms with Crippen molar-refractivity contribution in [3.63, 3.8) is 0 Å². The number of rotatable bonds is 2. The molecule has 0 aliphatic carbocycles. The van der Waals surface area contributed by atoms with Crippen molar-refractivity contribution >= 4 is 0 Å². The Balaban J connectivity index is 3.09. The molecule has 1 rings (SSSR count). The highest BCUT2D eigenvalue weighted by Crippen LogP contribution is 2.49. The molecule has 1 saturated heterocycles. The average Bonchev–Trinajstić information content (AvgIpc) is 2.39. The molecule has 0 N–H and O–H groups in total. The number of hydrogen-bond donors (Lipinski definition) is 0. The second kappa shape index (κ2) is 4.06. The van der Waals surface area contributed by atoms with E-state index in [2.05, 4.69) is 41.5 Å². The molecule has 90 valence electrons. The molecule has 4 atom stereocenters. The molecule has 1 fully saturated rings. The maximum absolute atomic E-state index is 6.25. The molecular formula is C13H26O2. The first-order valence-corrected chi connectivity index (χ1v) is 6.00. The summed E-state index contributed by atoms with van der Waals surface area (Å²) in [7, 11) is 1.80. The SMILES string of the molecule is CC[C@]1(C(C)(C)C)O[C@@H](C)[C@@H](C)[C@@H]1OC. The smallest absolute Gasteiger partial charge is 0.0995 e. The third kappa shape index (κ3) is 1.83. The van der Waals surface area contributed by atoms with Gasteiger partial charge in [-0.15, -0.1) is 0 Å². The summed E-state index contributed by atoms with van der Waals surface area (Å²) in [6, 6.07) is 0. The maximum atomic E-state index is 6.25. The highest BCUT2D eigenvalue weighted by atomic mass is 16.6. The summed E-state index contributed by atoms with van der Waals surface area (Å²) in [6.45, 7) is 13.3. The van der Waals surface area contributed by atoms with Gasteiger partial charge in [0.2, 0.25) is 0 Å². The van der Waals surface area contributed by atoms with Gasteiger partial charge in [-0.2, -0.15) is 0 Å². The van der Waals surface area contributed by atoms with E-state index < -0.39 is 0 Å². The van der Waals surface area contributed by atoms with Crippen LogP contribution >= 0.6 is 0 Å². The lowest BCUT2D eigenvalue weighted by atomic mass is 9.70. The first-order chi connectivity index (χ1) is 6.80. The highest BCUT2D eigenvalue weighted by molar-refractivity contribution is 5.05. The van der Waals surface area contributed by atoms with Gasteiger partial charge in [-0.1, -0.05) is 34.6 Å². The average molecular weight is 214 g/mol. The minimum atomic E-state index is -0.138. The highest BCUT2D eigenvalue weighted by Gasteiger charge is 2.57. The van der Waals surface area contributed by atoms with Crippen LogP contribution in [0, 0.1) is 11.3 Å². The van der Waals surface area contributed by atoms with E-state index >= 15 is 0 Å². The molecule has 0 saturated carbocycles. The Morgan fingerprint density at radius 2 is 1.80 bits per heavy atom. The van der Waals surface area contributed by atoms with Crippen LogP contribution in [0.25, 0.3) is 0 Å². The van der Waals surface area contributed by atoms with Gasteiger partial charge < -0.3 is 9.47 Å². The van der Waals surface area contributed by atoms with E-state index in [0.717, 1.165) is 6.42 Å². The Kier molecular flexibility index (Phi) is 3.52. The van der Waals surface area contributed by atoms with Crippen LogP contribution in [0.15, 0.2) is 0 Å². The van der Waals surface area contributed by atoms with E-state index in [-0.39, 0.29) is 23.2 Å². The fraction of sp³-hybridized carbons (Fsp3) is 1.00. The van der Waals surface area contributed by atoms with E-state index in [9.17, 15) is 0 Å². The molecule has 0 aromatic heterocycles. The summed E-state index contributed by atoms with van der Waals surface area (Å²) in [5.74, 6) is 0.467. The van der Waals surface area contributed by atoms with Crippen molar-refractivity contribution in [2.45, 2.75) is 65.8 Å². The quantitative estimate of drug-likeness (QED) is 0.702. The zero-order valence-corrected chi connectivity index (χ0v) is 11.3. The molecule has 1 aliphatic rings. The predicted octanol–water partition coefficient (Wildman–Crippen LogP) is 3.25. The Bertz CT molecular complexity index is 219. The monoisotopic (exact) mass is 214 g/mol. The molecule has 0 aromatic carbocycles. The van der Waals surface area contributed by atoms with Crippen molar-refractivity contribution in [1.82, 2.24) is 0 Å². The lowest BCUT2D eigenvalue weighted by molar-refractivity contribution is -0.154. The second-order valence-electron chi connectivity index (χ2n) is 5.83. The van der Waals surface area contributed by atoms with E-state index in [1.807, 2.05) is 0 Å². The molecular weight excluding hydrogens is 188 g/mol. The van der Waals surface area contributed by atoms with Crippen LogP contribution in [0.2, 0.25) is 0 Å². The van der Waals surface area contributed by atoms with Crippen molar-refractivity contribution < 1.29 is 9.47 Å². The van der Waals surface area contributed by atoms with Crippen LogP contribution in [0.4, 0.5) is 0 Å². The summed E-state index contributed by atoms with van der Waals surface area (Å²) in [6.07, 6.45) is 1.50. The topological polar surface area (TPSA) is 18.5 Å². The Morgan fingerprint density at radius 1 is 1.27 bits per heavy atom. The lowest BCUT2D eigenvalue weighted by Crippen LogP contribution is -2.52. The first kappa shape index (κ1) is 13.0. The fourth-order valence-corrected chi connectivity index (χ4v) is 3.00. The van der Waals surface area contributed by atoms with E-state index in [1.165, 1.54) is 0 Å². The van der Waals surface area contributed by atoms with Gasteiger partial charge in [-0.3, -0.25) is 0 Å². The zero-order valence-electron chi connectivity index (χ0n) is 11.3. The molecule has 0 unspecified atom stereocenters. The van der Waals surface area contributed by atoms with E-state index in [4.69, 9.17) is 9.47 Å². The van der Waals surface area contributed by atoms with Crippen molar-refractivity contribution in [2.24, 2.45) is 11.3 Å². The van der Waals surface area contributed by atoms with Crippen LogP contribution in [0.5, 0.6) is 0 Å². The van der Waals surface area contributed by atoms with Crippen molar-refractivity contribution in [3.05, 3.63) is 0 Å². The summed E-state index contributed by atoms with van der Waals surface area (Å²) in [5.41, 5.74) is -0.0258. The largest absolute Gasteiger partial charge is 0.378 e. The Morgan fingerprint density at radius 3 is 2.07 bits per heavy atom. The predicted molar refractivity (Wildman–Crippen MR) is 63.0 cm³/mol. The molecule has 0 bridgehead atoms. The van der Waals surface area contributed by atoms with Gasteiger partial charge in [0.15, 0.2) is 0 Å². The van der Waals surface area contributed by atoms with E-state index in [1.54, 1.807) is 7.11 Å². The molecule has 0 spiro atoms. The molecule has 1 heterocycles. The normalized spacial score (nSPS) is 42.2. The fourth-order valence-electron chi connectivity index (χ4n) is 3.00. The van der Waals surface area contributed by atoms with Gasteiger partial charge in [-0.25, -0.2) is 0 Å². The van der Waals surface area contributed by atoms with Crippen LogP contribution in [-0.2, 0) is 9.47 Å². The molecule has 15 heavy (non-hydrogen) atoms. The van der Waals surface area contributed by atoms with Crippen LogP contribution in [0.3, 0.4) is 0 Å². The first-order valence-electron chi connectivity index (χ1n) is 6.00. The molecule has 2 heteroatoms. The van der Waals surface area contributed by atoms with Crippen LogP contribution < -0.4 is 0 Å². The molecule has 0 aromatic rings. The van der Waals surface area contributed by atoms with Crippen molar-refractivity contribution in [2.75, 3.05) is 7.11 Å². The Hall–Kier alpha value is -0.0800. The van der Waals surface area contributed by atoms with Gasteiger partial charge in [0.25, 0.3) is 0 Å². The molecule has 2 nitrogen and oxygen atoms in total. The molecule has 0 amide bonds. The van der Waals surface area contributed by atoms with Crippen molar-refractivity contribution in [1.29, 1.82) is 0 Å². The summed E-state index contributed by atoms with van der Waals surface area (Å²) in [4.78, 5) is 0. The third-order valence-corrected chi connectivity index (χ3v) is 4.12. The molecule has 0 radical (unpaired) electrons. The maximum Gasteiger partial charge on any atom is 0.0995 e. The standard InChI is InChI=1S/C13H26O2/c1-8-13(12(4,5)6)11(14-7)9(2)10(3)15-13/h9-11H,8H2,1-7H3/t9-,10+,11+,13+/m1/s1. The van der Waals surface area contributed by atoms with Gasteiger partial charge >= 0.3 is 0 Å². The Labute approximate surface area is 94.3 Å². The lowest BCUT2D eigenvalue weighted by Gasteiger charge is -2.44. The van der Waals surface area contributed by atoms with Gasteiger partial charge in [0, 0.05) is 13.0 Å². The number of methoxy groups -OCH3 is 1. The van der Waals surface area contributed by atoms with Crippen LogP contribution in [-0.4, -0.2) is 24.9 Å². The number of hydrogen-bond acceptors (Lipinski definition) is 2. The van der Waals surface area contributed by atoms with Crippen LogP contribution in [0.1, 0.15) is 48.0 Å². The second-order valence-corrected chi connectivity index (χ2v) is 5.83. The summed E-state index contributed by atoms with van der Waals surface area (Å²) in [5, 5.41) is 0. The van der Waals surface area contributed by atoms with Gasteiger partial charge in [0.05, 0.1) is 17.8 Å². The molecule has 1 aliphatic heterocycles. The summed E-state index contributed by atoms with van der Waals surface area (Å²) < 4.78 is 12.0. The minimum Gasteiger partial charge on any atom is -0.378 e.